The van der Waals surface area contributed by atoms with E-state index in [4.69, 9.17) is 9.84 Å². The van der Waals surface area contributed by atoms with Crippen LogP contribution in [-0.2, 0) is 9.53 Å². The first-order valence-electron chi connectivity index (χ1n) is 5.91. The number of aliphatic carboxylic acids is 1. The van der Waals surface area contributed by atoms with Crippen LogP contribution in [0.15, 0.2) is 24.3 Å². The smallest absolute Gasteiger partial charge is 0.323 e. The van der Waals surface area contributed by atoms with E-state index in [0.717, 1.165) is 5.56 Å². The summed E-state index contributed by atoms with van der Waals surface area (Å²) in [5.41, 5.74) is 0.781. The summed E-state index contributed by atoms with van der Waals surface area (Å²) in [4.78, 5) is 13.0. The van der Waals surface area contributed by atoms with Gasteiger partial charge in [-0.2, -0.15) is 0 Å². The van der Waals surface area contributed by atoms with Gasteiger partial charge in [-0.25, -0.2) is 4.39 Å². The number of hydrogen-bond donors (Lipinski definition) is 1. The van der Waals surface area contributed by atoms with E-state index in [-0.39, 0.29) is 18.5 Å². The second-order valence-corrected chi connectivity index (χ2v) is 4.40. The van der Waals surface area contributed by atoms with Crippen molar-refractivity contribution in [2.24, 2.45) is 0 Å². The molecule has 2 rings (SSSR count). The third-order valence-corrected chi connectivity index (χ3v) is 3.28. The fourth-order valence-corrected chi connectivity index (χ4v) is 2.25. The minimum atomic E-state index is -0.905. The topological polar surface area (TPSA) is 49.8 Å². The molecule has 1 fully saturated rings. The average molecular weight is 253 g/mol. The summed E-state index contributed by atoms with van der Waals surface area (Å²) in [7, 11) is 0. The maximum absolute atomic E-state index is 13.2. The molecular weight excluding hydrogens is 237 g/mol. The Morgan fingerprint density at radius 2 is 2.39 bits per heavy atom. The molecule has 4 nitrogen and oxygen atoms in total. The SMILES string of the molecule is CC(c1cccc(F)c1)N1CCOCC1C(=O)O. The van der Waals surface area contributed by atoms with Crippen LogP contribution in [-0.4, -0.2) is 41.8 Å². The average Bonchev–Trinajstić information content (AvgIpc) is 2.38. The van der Waals surface area contributed by atoms with Gasteiger partial charge in [-0.3, -0.25) is 9.69 Å². The van der Waals surface area contributed by atoms with Gasteiger partial charge in [0.25, 0.3) is 0 Å². The molecule has 1 aromatic carbocycles. The van der Waals surface area contributed by atoms with E-state index < -0.39 is 12.0 Å². The lowest BCUT2D eigenvalue weighted by Crippen LogP contribution is -2.50. The van der Waals surface area contributed by atoms with E-state index in [2.05, 4.69) is 0 Å². The lowest BCUT2D eigenvalue weighted by molar-refractivity contribution is -0.151. The molecule has 0 saturated carbocycles. The molecule has 0 spiro atoms. The van der Waals surface area contributed by atoms with Gasteiger partial charge >= 0.3 is 5.97 Å². The van der Waals surface area contributed by atoms with Crippen LogP contribution in [0.1, 0.15) is 18.5 Å². The number of morpholine rings is 1. The molecule has 1 aliphatic heterocycles. The minimum Gasteiger partial charge on any atom is -0.480 e. The summed E-state index contributed by atoms with van der Waals surface area (Å²) in [5.74, 6) is -1.21. The molecule has 0 aromatic heterocycles. The van der Waals surface area contributed by atoms with E-state index in [1.54, 1.807) is 6.07 Å². The van der Waals surface area contributed by atoms with E-state index in [0.29, 0.717) is 13.2 Å². The highest BCUT2D eigenvalue weighted by molar-refractivity contribution is 5.73. The molecule has 0 radical (unpaired) electrons. The third-order valence-electron chi connectivity index (χ3n) is 3.28. The van der Waals surface area contributed by atoms with Gasteiger partial charge in [0, 0.05) is 12.6 Å². The zero-order chi connectivity index (χ0) is 13.1. The fraction of sp³-hybridized carbons (Fsp3) is 0.462. The first-order chi connectivity index (χ1) is 8.59. The normalized spacial score (nSPS) is 22.7. The van der Waals surface area contributed by atoms with Crippen LogP contribution < -0.4 is 0 Å². The van der Waals surface area contributed by atoms with E-state index >= 15 is 0 Å². The zero-order valence-corrected chi connectivity index (χ0v) is 10.2. The van der Waals surface area contributed by atoms with E-state index in [9.17, 15) is 9.18 Å². The van der Waals surface area contributed by atoms with Crippen molar-refractivity contribution >= 4 is 5.97 Å². The largest absolute Gasteiger partial charge is 0.480 e. The van der Waals surface area contributed by atoms with Gasteiger partial charge in [0.2, 0.25) is 0 Å². The molecule has 98 valence electrons. The molecule has 1 heterocycles. The summed E-state index contributed by atoms with van der Waals surface area (Å²) < 4.78 is 18.4. The number of carbonyl (C=O) groups is 1. The summed E-state index contributed by atoms with van der Waals surface area (Å²) in [5, 5.41) is 9.16. The Morgan fingerprint density at radius 1 is 1.61 bits per heavy atom. The van der Waals surface area contributed by atoms with Crippen LogP contribution in [0.2, 0.25) is 0 Å². The molecule has 1 N–H and O–H groups in total. The van der Waals surface area contributed by atoms with Gasteiger partial charge in [-0.1, -0.05) is 12.1 Å². The molecule has 0 aliphatic carbocycles. The number of carboxylic acids is 1. The molecule has 1 saturated heterocycles. The Labute approximate surface area is 105 Å². The van der Waals surface area contributed by atoms with Gasteiger partial charge in [0.1, 0.15) is 11.9 Å². The van der Waals surface area contributed by atoms with Crippen molar-refractivity contribution in [1.82, 2.24) is 4.90 Å². The molecule has 2 atom stereocenters. The molecule has 5 heteroatoms. The van der Waals surface area contributed by atoms with Crippen LogP contribution in [0, 0.1) is 5.82 Å². The number of nitrogens with zero attached hydrogens (tertiary/aromatic N) is 1. The van der Waals surface area contributed by atoms with Crippen LogP contribution in [0.4, 0.5) is 4.39 Å². The van der Waals surface area contributed by atoms with Crippen LogP contribution >= 0.6 is 0 Å². The van der Waals surface area contributed by atoms with E-state index in [1.165, 1.54) is 12.1 Å². The van der Waals surface area contributed by atoms with Gasteiger partial charge in [0.15, 0.2) is 0 Å². The van der Waals surface area contributed by atoms with Gasteiger partial charge in [0.05, 0.1) is 13.2 Å². The number of carboxylic acid groups (broad SMARTS) is 1. The first-order valence-corrected chi connectivity index (χ1v) is 5.91. The Hall–Kier alpha value is -1.46. The fourth-order valence-electron chi connectivity index (χ4n) is 2.25. The Morgan fingerprint density at radius 3 is 3.06 bits per heavy atom. The molecule has 1 aromatic rings. The standard InChI is InChI=1S/C13H16FNO3/c1-9(10-3-2-4-11(14)7-10)15-5-6-18-8-12(15)13(16)17/h2-4,7,9,12H,5-6,8H2,1H3,(H,16,17). The third kappa shape index (κ3) is 2.68. The van der Waals surface area contributed by atoms with Crippen molar-refractivity contribution in [3.63, 3.8) is 0 Å². The maximum atomic E-state index is 13.2. The van der Waals surface area contributed by atoms with Crippen LogP contribution in [0.3, 0.4) is 0 Å². The quantitative estimate of drug-likeness (QED) is 0.890. The second kappa shape index (κ2) is 5.46. The molecular formula is C13H16FNO3. The van der Waals surface area contributed by atoms with Crippen LogP contribution in [0.5, 0.6) is 0 Å². The number of rotatable bonds is 3. The van der Waals surface area contributed by atoms with Crippen molar-refractivity contribution in [1.29, 1.82) is 0 Å². The summed E-state index contributed by atoms with van der Waals surface area (Å²) in [6.45, 7) is 3.10. The van der Waals surface area contributed by atoms with E-state index in [1.807, 2.05) is 17.9 Å². The molecule has 0 amide bonds. The number of halogens is 1. The Balaban J connectivity index is 2.20. The summed E-state index contributed by atoms with van der Waals surface area (Å²) in [6, 6.07) is 5.45. The molecule has 18 heavy (non-hydrogen) atoms. The van der Waals surface area contributed by atoms with Gasteiger partial charge in [-0.15, -0.1) is 0 Å². The lowest BCUT2D eigenvalue weighted by atomic mass is 10.0. The predicted molar refractivity (Wildman–Crippen MR) is 63.8 cm³/mol. The van der Waals surface area contributed by atoms with Crippen molar-refractivity contribution in [2.45, 2.75) is 19.0 Å². The van der Waals surface area contributed by atoms with Crippen molar-refractivity contribution in [3.05, 3.63) is 35.6 Å². The summed E-state index contributed by atoms with van der Waals surface area (Å²) in [6.07, 6.45) is 0. The summed E-state index contributed by atoms with van der Waals surface area (Å²) >= 11 is 0. The minimum absolute atomic E-state index is 0.147. The van der Waals surface area contributed by atoms with Crippen molar-refractivity contribution < 1.29 is 19.0 Å². The lowest BCUT2D eigenvalue weighted by Gasteiger charge is -2.37. The van der Waals surface area contributed by atoms with Crippen LogP contribution in [0.25, 0.3) is 0 Å². The Kier molecular flexibility index (Phi) is 3.93. The number of ether oxygens (including phenoxy) is 1. The zero-order valence-electron chi connectivity index (χ0n) is 10.2. The highest BCUT2D eigenvalue weighted by Gasteiger charge is 2.32. The number of hydrogen-bond acceptors (Lipinski definition) is 3. The van der Waals surface area contributed by atoms with Gasteiger partial charge in [-0.05, 0) is 24.6 Å². The maximum Gasteiger partial charge on any atom is 0.323 e. The van der Waals surface area contributed by atoms with Crippen molar-refractivity contribution in [3.8, 4) is 0 Å². The monoisotopic (exact) mass is 253 g/mol. The highest BCUT2D eigenvalue weighted by Crippen LogP contribution is 2.24. The molecule has 1 aliphatic rings. The highest BCUT2D eigenvalue weighted by atomic mass is 19.1. The Bertz CT molecular complexity index is 438. The number of benzene rings is 1. The van der Waals surface area contributed by atoms with Crippen molar-refractivity contribution in [2.75, 3.05) is 19.8 Å². The first kappa shape index (κ1) is 13.0. The van der Waals surface area contributed by atoms with Gasteiger partial charge < -0.3 is 9.84 Å². The predicted octanol–water partition coefficient (Wildman–Crippen LogP) is 1.67. The molecule has 0 bridgehead atoms. The second-order valence-electron chi connectivity index (χ2n) is 4.40. The molecule has 2 unspecified atom stereocenters.